The van der Waals surface area contributed by atoms with Crippen LogP contribution in [-0.4, -0.2) is 22.2 Å². The minimum Gasteiger partial charge on any atom is -0.400 e. The molecule has 3 heteroatoms. The van der Waals surface area contributed by atoms with E-state index in [4.69, 9.17) is 5.11 Å². The lowest BCUT2D eigenvalue weighted by Crippen LogP contribution is -1.78. The molecule has 1 N–H and O–H groups in total. The van der Waals surface area contributed by atoms with Crippen molar-refractivity contribution in [1.29, 1.82) is 0 Å². The van der Waals surface area contributed by atoms with Gasteiger partial charge < -0.3 is 5.11 Å². The number of fused-ring (bicyclic) bond motifs is 1. The Labute approximate surface area is 70.7 Å². The van der Waals surface area contributed by atoms with Crippen molar-refractivity contribution in [2.24, 2.45) is 0 Å². The van der Waals surface area contributed by atoms with Gasteiger partial charge in [0.25, 0.3) is 0 Å². The molecule has 0 aliphatic carbocycles. The van der Waals surface area contributed by atoms with E-state index in [0.717, 1.165) is 18.1 Å². The quantitative estimate of drug-likeness (QED) is 0.634. The average molecular weight is 162 g/mol. The predicted molar refractivity (Wildman–Crippen MR) is 47.7 cm³/mol. The summed E-state index contributed by atoms with van der Waals surface area (Å²) in [7, 11) is 1.00. The van der Waals surface area contributed by atoms with Crippen LogP contribution >= 0.6 is 0 Å². The first-order valence-electron chi connectivity index (χ1n) is 3.57. The van der Waals surface area contributed by atoms with Crippen molar-refractivity contribution in [2.75, 3.05) is 7.11 Å². The van der Waals surface area contributed by atoms with Gasteiger partial charge in [0.1, 0.15) is 0 Å². The van der Waals surface area contributed by atoms with Gasteiger partial charge in [0.05, 0.1) is 11.0 Å². The van der Waals surface area contributed by atoms with Crippen molar-refractivity contribution in [1.82, 2.24) is 9.97 Å². The van der Waals surface area contributed by atoms with Crippen LogP contribution in [0.5, 0.6) is 0 Å². The van der Waals surface area contributed by atoms with E-state index in [1.807, 2.05) is 24.3 Å². The molecule has 0 spiro atoms. The molecule has 0 atom stereocenters. The summed E-state index contributed by atoms with van der Waals surface area (Å²) < 4.78 is 0. The molecule has 1 heterocycles. The van der Waals surface area contributed by atoms with Crippen molar-refractivity contribution in [3.8, 4) is 0 Å². The molecule has 2 aromatic rings. The van der Waals surface area contributed by atoms with Crippen molar-refractivity contribution in [2.45, 2.75) is 0 Å². The van der Waals surface area contributed by atoms with E-state index in [-0.39, 0.29) is 0 Å². The second kappa shape index (κ2) is 4.41. The molecule has 1 aromatic heterocycles. The lowest BCUT2D eigenvalue weighted by molar-refractivity contribution is 0.399. The van der Waals surface area contributed by atoms with Gasteiger partial charge in [-0.1, -0.05) is 12.1 Å². The van der Waals surface area contributed by atoms with Crippen molar-refractivity contribution >= 4 is 11.0 Å². The zero-order valence-electron chi connectivity index (χ0n) is 6.81. The third kappa shape index (κ3) is 1.77. The van der Waals surface area contributed by atoms with Gasteiger partial charge in [-0.05, 0) is 12.1 Å². The standard InChI is InChI=1S/C8H6N2.CH4O/c1-2-4-8-7(3-1)9-5-6-10-8;1-2/h1-6H;2H,1H3. The number of benzene rings is 1. The number of aliphatic hydroxyl groups is 1. The maximum absolute atomic E-state index is 7.00. The first-order valence-corrected chi connectivity index (χ1v) is 3.57. The average Bonchev–Trinajstić information content (AvgIpc) is 2.21. The predicted octanol–water partition coefficient (Wildman–Crippen LogP) is 1.24. The molecule has 2 rings (SSSR count). The summed E-state index contributed by atoms with van der Waals surface area (Å²) in [6.45, 7) is 0. The van der Waals surface area contributed by atoms with Crippen LogP contribution in [0.2, 0.25) is 0 Å². The van der Waals surface area contributed by atoms with E-state index in [1.54, 1.807) is 12.4 Å². The third-order valence-electron chi connectivity index (χ3n) is 1.38. The number of rotatable bonds is 0. The first-order chi connectivity index (χ1) is 5.97. The largest absolute Gasteiger partial charge is 0.400 e. The summed E-state index contributed by atoms with van der Waals surface area (Å²) in [4.78, 5) is 8.24. The minimum absolute atomic E-state index is 0.949. The van der Waals surface area contributed by atoms with Gasteiger partial charge in [-0.15, -0.1) is 0 Å². The minimum atomic E-state index is 0.949. The van der Waals surface area contributed by atoms with E-state index in [9.17, 15) is 0 Å². The summed E-state index contributed by atoms with van der Waals surface area (Å²) in [5.74, 6) is 0. The Hall–Kier alpha value is -1.48. The Morgan fingerprint density at radius 1 is 0.917 bits per heavy atom. The fourth-order valence-corrected chi connectivity index (χ4v) is 0.910. The molecule has 12 heavy (non-hydrogen) atoms. The van der Waals surface area contributed by atoms with E-state index in [0.29, 0.717) is 0 Å². The van der Waals surface area contributed by atoms with Crippen LogP contribution in [0, 0.1) is 0 Å². The van der Waals surface area contributed by atoms with Crippen LogP contribution in [0.3, 0.4) is 0 Å². The normalized spacial score (nSPS) is 8.83. The maximum atomic E-state index is 7.00. The topological polar surface area (TPSA) is 46.0 Å². The van der Waals surface area contributed by atoms with Crippen LogP contribution in [-0.2, 0) is 0 Å². The molecular weight excluding hydrogens is 152 g/mol. The highest BCUT2D eigenvalue weighted by molar-refractivity contribution is 5.72. The monoisotopic (exact) mass is 162 g/mol. The Balaban J connectivity index is 0.000000336. The Kier molecular flexibility index (Phi) is 3.17. The number of hydrogen-bond acceptors (Lipinski definition) is 3. The molecule has 3 nitrogen and oxygen atoms in total. The number of para-hydroxylation sites is 2. The number of nitrogens with zero attached hydrogens (tertiary/aromatic N) is 2. The molecule has 0 unspecified atom stereocenters. The SMILES string of the molecule is CO.c1ccc2nccnc2c1. The molecular formula is C9H10N2O. The van der Waals surface area contributed by atoms with E-state index in [2.05, 4.69) is 9.97 Å². The van der Waals surface area contributed by atoms with Crippen LogP contribution < -0.4 is 0 Å². The number of aromatic nitrogens is 2. The van der Waals surface area contributed by atoms with Gasteiger partial charge in [0.2, 0.25) is 0 Å². The van der Waals surface area contributed by atoms with E-state index >= 15 is 0 Å². The van der Waals surface area contributed by atoms with Crippen molar-refractivity contribution in [3.05, 3.63) is 36.7 Å². The van der Waals surface area contributed by atoms with E-state index < -0.39 is 0 Å². The van der Waals surface area contributed by atoms with Gasteiger partial charge in [0.15, 0.2) is 0 Å². The third-order valence-corrected chi connectivity index (χ3v) is 1.38. The van der Waals surface area contributed by atoms with Crippen LogP contribution in [0.4, 0.5) is 0 Å². The molecule has 0 amide bonds. The highest BCUT2D eigenvalue weighted by Gasteiger charge is 1.88. The molecule has 0 aliphatic rings. The van der Waals surface area contributed by atoms with E-state index in [1.165, 1.54) is 0 Å². The van der Waals surface area contributed by atoms with Gasteiger partial charge in [-0.25, -0.2) is 0 Å². The molecule has 0 fully saturated rings. The highest BCUT2D eigenvalue weighted by Crippen LogP contribution is 2.04. The summed E-state index contributed by atoms with van der Waals surface area (Å²) in [5.41, 5.74) is 1.90. The van der Waals surface area contributed by atoms with Gasteiger partial charge in [-0.3, -0.25) is 9.97 Å². The second-order valence-corrected chi connectivity index (χ2v) is 2.05. The molecule has 1 aromatic carbocycles. The van der Waals surface area contributed by atoms with Crippen LogP contribution in [0.25, 0.3) is 11.0 Å². The fourth-order valence-electron chi connectivity index (χ4n) is 0.910. The van der Waals surface area contributed by atoms with Crippen LogP contribution in [0.1, 0.15) is 0 Å². The molecule has 0 bridgehead atoms. The molecule has 0 radical (unpaired) electrons. The lowest BCUT2D eigenvalue weighted by Gasteiger charge is -1.90. The number of aliphatic hydroxyl groups excluding tert-OH is 1. The lowest BCUT2D eigenvalue weighted by atomic mass is 10.3. The second-order valence-electron chi connectivity index (χ2n) is 2.05. The summed E-state index contributed by atoms with van der Waals surface area (Å²) in [6.07, 6.45) is 3.39. The fraction of sp³-hybridized carbons (Fsp3) is 0.111. The molecule has 0 aliphatic heterocycles. The highest BCUT2D eigenvalue weighted by atomic mass is 16.2. The Bertz CT molecular complexity index is 284. The first kappa shape index (κ1) is 8.62. The summed E-state index contributed by atoms with van der Waals surface area (Å²) in [6, 6.07) is 7.80. The van der Waals surface area contributed by atoms with Crippen molar-refractivity contribution < 1.29 is 5.11 Å². The Morgan fingerprint density at radius 2 is 1.33 bits per heavy atom. The summed E-state index contributed by atoms with van der Waals surface area (Å²) >= 11 is 0. The molecule has 0 saturated heterocycles. The smallest absolute Gasteiger partial charge is 0.0886 e. The number of hydrogen-bond donors (Lipinski definition) is 1. The maximum Gasteiger partial charge on any atom is 0.0886 e. The van der Waals surface area contributed by atoms with Gasteiger partial charge >= 0.3 is 0 Å². The summed E-state index contributed by atoms with van der Waals surface area (Å²) in [5, 5.41) is 7.00. The zero-order valence-corrected chi connectivity index (χ0v) is 6.81. The zero-order chi connectivity index (χ0) is 8.81. The molecule has 0 saturated carbocycles. The van der Waals surface area contributed by atoms with Gasteiger partial charge in [0, 0.05) is 19.5 Å². The van der Waals surface area contributed by atoms with Crippen molar-refractivity contribution in [3.63, 3.8) is 0 Å². The van der Waals surface area contributed by atoms with Crippen LogP contribution in [0.15, 0.2) is 36.7 Å². The van der Waals surface area contributed by atoms with Gasteiger partial charge in [-0.2, -0.15) is 0 Å². The molecule has 62 valence electrons. The Morgan fingerprint density at radius 3 is 1.75 bits per heavy atom.